The van der Waals surface area contributed by atoms with Gasteiger partial charge in [0.05, 0.1) is 26.7 Å². The molecule has 1 aromatic carbocycles. The normalized spacial score (nSPS) is 16.2. The third-order valence-corrected chi connectivity index (χ3v) is 4.72. The van der Waals surface area contributed by atoms with Crippen molar-refractivity contribution in [3.05, 3.63) is 35.2 Å². The maximum atomic E-state index is 12.5. The van der Waals surface area contributed by atoms with Gasteiger partial charge in [0, 0.05) is 18.7 Å². The van der Waals surface area contributed by atoms with Crippen LogP contribution in [0.15, 0.2) is 18.2 Å². The third kappa shape index (κ3) is 4.19. The highest BCUT2D eigenvalue weighted by atomic mass is 16.5. The first-order valence-corrected chi connectivity index (χ1v) is 8.89. The van der Waals surface area contributed by atoms with E-state index in [0.717, 1.165) is 16.8 Å². The minimum atomic E-state index is -0.431. The topological polar surface area (TPSA) is 107 Å². The summed E-state index contributed by atoms with van der Waals surface area (Å²) < 4.78 is 9.99. The average Bonchev–Trinajstić information content (AvgIpc) is 3.09. The molecule has 2 heterocycles. The van der Waals surface area contributed by atoms with Crippen molar-refractivity contribution < 1.29 is 19.1 Å². The standard InChI is InChI=1S/C19H23N5O4/c1-11-5-6-14(7-12(11)2)24-10-13(8-16(24)25)17(26)20-9-15-21-18(27-3)23-19(22-15)28-4/h5-7,13H,8-10H2,1-4H3,(H,20,26). The minimum absolute atomic E-state index is 0.0631. The Morgan fingerprint density at radius 2 is 1.82 bits per heavy atom. The van der Waals surface area contributed by atoms with Crippen LogP contribution in [0.25, 0.3) is 0 Å². The number of amides is 2. The van der Waals surface area contributed by atoms with Crippen molar-refractivity contribution in [2.45, 2.75) is 26.8 Å². The predicted molar refractivity (Wildman–Crippen MR) is 101 cm³/mol. The number of hydrogen-bond acceptors (Lipinski definition) is 7. The summed E-state index contributed by atoms with van der Waals surface area (Å²) in [6.07, 6.45) is 0.169. The summed E-state index contributed by atoms with van der Waals surface area (Å²) in [5.74, 6) is -0.406. The molecule has 9 nitrogen and oxygen atoms in total. The largest absolute Gasteiger partial charge is 0.467 e. The highest BCUT2D eigenvalue weighted by Gasteiger charge is 2.35. The molecule has 0 bridgehead atoms. The molecule has 0 spiro atoms. The van der Waals surface area contributed by atoms with E-state index in [1.54, 1.807) is 4.90 Å². The molecule has 1 atom stereocenters. The first kappa shape index (κ1) is 19.5. The van der Waals surface area contributed by atoms with E-state index in [2.05, 4.69) is 20.3 Å². The fourth-order valence-corrected chi connectivity index (χ4v) is 2.98. The van der Waals surface area contributed by atoms with Gasteiger partial charge in [-0.3, -0.25) is 9.59 Å². The van der Waals surface area contributed by atoms with Crippen LogP contribution in [-0.4, -0.2) is 47.5 Å². The summed E-state index contributed by atoms with van der Waals surface area (Å²) in [6.45, 7) is 4.45. The van der Waals surface area contributed by atoms with Crippen LogP contribution >= 0.6 is 0 Å². The molecule has 1 unspecified atom stereocenters. The number of aromatic nitrogens is 3. The Balaban J connectivity index is 1.64. The Bertz CT molecular complexity index is 880. The number of benzene rings is 1. The molecule has 28 heavy (non-hydrogen) atoms. The van der Waals surface area contributed by atoms with Crippen LogP contribution in [0.5, 0.6) is 12.0 Å². The summed E-state index contributed by atoms with van der Waals surface area (Å²) in [5, 5.41) is 2.77. The molecule has 148 valence electrons. The summed E-state index contributed by atoms with van der Waals surface area (Å²) in [5.41, 5.74) is 3.08. The lowest BCUT2D eigenvalue weighted by molar-refractivity contribution is -0.126. The smallest absolute Gasteiger partial charge is 0.322 e. The van der Waals surface area contributed by atoms with Gasteiger partial charge in [-0.25, -0.2) is 0 Å². The zero-order chi connectivity index (χ0) is 20.3. The van der Waals surface area contributed by atoms with Crippen LogP contribution in [0.3, 0.4) is 0 Å². The summed E-state index contributed by atoms with van der Waals surface area (Å²) in [4.78, 5) is 38.7. The first-order valence-electron chi connectivity index (χ1n) is 8.89. The number of methoxy groups -OCH3 is 2. The Morgan fingerprint density at radius 3 is 2.43 bits per heavy atom. The molecule has 1 saturated heterocycles. The Morgan fingerprint density at radius 1 is 1.14 bits per heavy atom. The highest BCUT2D eigenvalue weighted by molar-refractivity contribution is 6.00. The van der Waals surface area contributed by atoms with E-state index >= 15 is 0 Å². The average molecular weight is 385 g/mol. The van der Waals surface area contributed by atoms with Crippen molar-refractivity contribution in [3.8, 4) is 12.0 Å². The van der Waals surface area contributed by atoms with Crippen LogP contribution in [0.2, 0.25) is 0 Å². The molecule has 0 saturated carbocycles. The molecule has 9 heteroatoms. The number of hydrogen-bond donors (Lipinski definition) is 1. The van der Waals surface area contributed by atoms with E-state index < -0.39 is 5.92 Å². The predicted octanol–water partition coefficient (Wildman–Crippen LogP) is 1.17. The second-order valence-electron chi connectivity index (χ2n) is 6.62. The van der Waals surface area contributed by atoms with Crippen molar-refractivity contribution >= 4 is 17.5 Å². The lowest BCUT2D eigenvalue weighted by atomic mass is 10.1. The Labute approximate surface area is 163 Å². The summed E-state index contributed by atoms with van der Waals surface area (Å²) >= 11 is 0. The minimum Gasteiger partial charge on any atom is -0.467 e. The first-order chi connectivity index (χ1) is 13.4. The fourth-order valence-electron chi connectivity index (χ4n) is 2.98. The van der Waals surface area contributed by atoms with Crippen molar-refractivity contribution in [1.82, 2.24) is 20.3 Å². The quantitative estimate of drug-likeness (QED) is 0.795. The van der Waals surface area contributed by atoms with E-state index in [4.69, 9.17) is 9.47 Å². The van der Waals surface area contributed by atoms with Gasteiger partial charge in [0.1, 0.15) is 0 Å². The van der Waals surface area contributed by atoms with Crippen molar-refractivity contribution in [3.63, 3.8) is 0 Å². The number of rotatable bonds is 6. The lowest BCUT2D eigenvalue weighted by Gasteiger charge is -2.18. The molecule has 1 N–H and O–H groups in total. The van der Waals surface area contributed by atoms with Crippen molar-refractivity contribution in [1.29, 1.82) is 0 Å². The van der Waals surface area contributed by atoms with Crippen molar-refractivity contribution in [2.24, 2.45) is 5.92 Å². The summed E-state index contributed by atoms with van der Waals surface area (Å²) in [6, 6.07) is 6.06. The van der Waals surface area contributed by atoms with Gasteiger partial charge in [-0.2, -0.15) is 9.97 Å². The van der Waals surface area contributed by atoms with Crippen LogP contribution in [-0.2, 0) is 16.1 Å². The summed E-state index contributed by atoms with van der Waals surface area (Å²) in [7, 11) is 2.87. The van der Waals surface area contributed by atoms with Crippen LogP contribution in [0, 0.1) is 19.8 Å². The Kier molecular flexibility index (Phi) is 5.72. The van der Waals surface area contributed by atoms with Gasteiger partial charge < -0.3 is 19.7 Å². The van der Waals surface area contributed by atoms with E-state index in [1.165, 1.54) is 14.2 Å². The highest BCUT2D eigenvalue weighted by Crippen LogP contribution is 2.27. The number of carbonyl (C=O) groups excluding carboxylic acids is 2. The molecule has 1 aromatic heterocycles. The van der Waals surface area contributed by atoms with Crippen LogP contribution < -0.4 is 19.7 Å². The molecular weight excluding hydrogens is 362 g/mol. The van der Waals surface area contributed by atoms with E-state index in [0.29, 0.717) is 12.4 Å². The van der Waals surface area contributed by atoms with Crippen LogP contribution in [0.1, 0.15) is 23.4 Å². The number of nitrogens with one attached hydrogen (secondary N) is 1. The SMILES string of the molecule is COc1nc(CNC(=O)C2CC(=O)N(c3ccc(C)c(C)c3)C2)nc(OC)n1. The van der Waals surface area contributed by atoms with E-state index in [1.807, 2.05) is 32.0 Å². The van der Waals surface area contributed by atoms with Gasteiger partial charge in [0.25, 0.3) is 0 Å². The number of nitrogens with zero attached hydrogens (tertiary/aromatic N) is 4. The van der Waals surface area contributed by atoms with Crippen LogP contribution in [0.4, 0.5) is 5.69 Å². The molecule has 1 fully saturated rings. The third-order valence-electron chi connectivity index (χ3n) is 4.72. The van der Waals surface area contributed by atoms with Gasteiger partial charge in [0.15, 0.2) is 5.82 Å². The van der Waals surface area contributed by atoms with E-state index in [-0.39, 0.29) is 36.8 Å². The maximum Gasteiger partial charge on any atom is 0.322 e. The zero-order valence-corrected chi connectivity index (χ0v) is 16.4. The lowest BCUT2D eigenvalue weighted by Crippen LogP contribution is -2.33. The second-order valence-corrected chi connectivity index (χ2v) is 6.62. The van der Waals surface area contributed by atoms with Gasteiger partial charge >= 0.3 is 12.0 Å². The number of carbonyl (C=O) groups is 2. The Hall–Kier alpha value is -3.23. The molecule has 1 aliphatic heterocycles. The molecule has 0 radical (unpaired) electrons. The van der Waals surface area contributed by atoms with Gasteiger partial charge in [-0.05, 0) is 37.1 Å². The number of anilines is 1. The second kappa shape index (κ2) is 8.20. The monoisotopic (exact) mass is 385 g/mol. The molecule has 2 aromatic rings. The molecular formula is C19H23N5O4. The van der Waals surface area contributed by atoms with Crippen molar-refractivity contribution in [2.75, 3.05) is 25.7 Å². The molecule has 2 amide bonds. The van der Waals surface area contributed by atoms with Gasteiger partial charge in [-0.15, -0.1) is 4.98 Å². The fraction of sp³-hybridized carbons (Fsp3) is 0.421. The molecule has 0 aliphatic carbocycles. The maximum absolute atomic E-state index is 12.5. The number of ether oxygens (including phenoxy) is 2. The molecule has 3 rings (SSSR count). The molecule has 1 aliphatic rings. The number of aryl methyl sites for hydroxylation is 2. The zero-order valence-electron chi connectivity index (χ0n) is 16.4. The van der Waals surface area contributed by atoms with Gasteiger partial charge in [0.2, 0.25) is 11.8 Å². The van der Waals surface area contributed by atoms with Gasteiger partial charge in [-0.1, -0.05) is 6.07 Å². The van der Waals surface area contributed by atoms with E-state index in [9.17, 15) is 9.59 Å².